The fourth-order valence-electron chi connectivity index (χ4n) is 3.94. The highest BCUT2D eigenvalue weighted by atomic mass is 16.5. The molecular weight excluding hydrogens is 440 g/mol. The molecule has 35 heavy (non-hydrogen) atoms. The number of pyridine rings is 1. The lowest BCUT2D eigenvalue weighted by Gasteiger charge is -2.13. The van der Waals surface area contributed by atoms with Crippen LogP contribution in [0.25, 0.3) is 22.2 Å². The van der Waals surface area contributed by atoms with Gasteiger partial charge in [0.05, 0.1) is 36.1 Å². The molecule has 1 heterocycles. The molecule has 0 aliphatic carbocycles. The summed E-state index contributed by atoms with van der Waals surface area (Å²) in [7, 11) is 1.62. The second-order valence-electron chi connectivity index (χ2n) is 8.43. The second-order valence-corrected chi connectivity index (χ2v) is 8.43. The number of methoxy groups -OCH3 is 1. The fraction of sp³-hybridized carbons (Fsp3) is 0.207. The summed E-state index contributed by atoms with van der Waals surface area (Å²) >= 11 is 0. The molecule has 1 aromatic heterocycles. The molecule has 1 amide bonds. The van der Waals surface area contributed by atoms with E-state index in [0.29, 0.717) is 29.1 Å². The van der Waals surface area contributed by atoms with E-state index < -0.39 is 0 Å². The molecule has 6 heteroatoms. The second kappa shape index (κ2) is 10.4. The summed E-state index contributed by atoms with van der Waals surface area (Å²) in [5.41, 5.74) is 5.98. The molecule has 3 aromatic carbocycles. The smallest absolute Gasteiger partial charge is 0.338 e. The maximum atomic E-state index is 13.4. The summed E-state index contributed by atoms with van der Waals surface area (Å²) in [6.07, 6.45) is 0.761. The molecule has 0 saturated carbocycles. The summed E-state index contributed by atoms with van der Waals surface area (Å²) < 4.78 is 10.4. The van der Waals surface area contributed by atoms with Crippen LogP contribution < -0.4 is 10.1 Å². The molecule has 0 unspecified atom stereocenters. The van der Waals surface area contributed by atoms with Gasteiger partial charge in [0.15, 0.2) is 0 Å². The Balaban J connectivity index is 1.70. The molecule has 4 rings (SSSR count). The number of aryl methyl sites for hydroxylation is 2. The van der Waals surface area contributed by atoms with Crippen LogP contribution in [0, 0.1) is 13.8 Å². The van der Waals surface area contributed by atoms with E-state index in [1.54, 1.807) is 31.4 Å². The van der Waals surface area contributed by atoms with Gasteiger partial charge in [0.25, 0.3) is 5.91 Å². The van der Waals surface area contributed by atoms with Crippen molar-refractivity contribution >= 4 is 28.5 Å². The van der Waals surface area contributed by atoms with Gasteiger partial charge < -0.3 is 14.8 Å². The largest absolute Gasteiger partial charge is 0.497 e. The number of nitrogens with one attached hydrogen (secondary N) is 1. The van der Waals surface area contributed by atoms with Crippen LogP contribution in [0.3, 0.4) is 0 Å². The van der Waals surface area contributed by atoms with Crippen LogP contribution in [0.4, 0.5) is 5.69 Å². The van der Waals surface area contributed by atoms with Crippen LogP contribution in [0.1, 0.15) is 45.2 Å². The van der Waals surface area contributed by atoms with E-state index in [2.05, 4.69) is 11.4 Å². The molecule has 178 valence electrons. The van der Waals surface area contributed by atoms with E-state index >= 15 is 0 Å². The van der Waals surface area contributed by atoms with Gasteiger partial charge >= 0.3 is 5.97 Å². The maximum absolute atomic E-state index is 13.4. The summed E-state index contributed by atoms with van der Waals surface area (Å²) in [5.74, 6) is 0.125. The van der Waals surface area contributed by atoms with Gasteiger partial charge in [0, 0.05) is 16.6 Å². The van der Waals surface area contributed by atoms with Crippen molar-refractivity contribution in [1.82, 2.24) is 4.98 Å². The predicted octanol–water partition coefficient (Wildman–Crippen LogP) is 6.35. The first-order valence-electron chi connectivity index (χ1n) is 11.5. The predicted molar refractivity (Wildman–Crippen MR) is 138 cm³/mol. The van der Waals surface area contributed by atoms with Crippen LogP contribution in [0.15, 0.2) is 66.7 Å². The van der Waals surface area contributed by atoms with Crippen LogP contribution >= 0.6 is 0 Å². The van der Waals surface area contributed by atoms with E-state index in [1.165, 1.54) is 0 Å². The molecule has 0 fully saturated rings. The monoisotopic (exact) mass is 468 g/mol. The van der Waals surface area contributed by atoms with Crippen molar-refractivity contribution < 1.29 is 19.1 Å². The van der Waals surface area contributed by atoms with Gasteiger partial charge in [-0.05, 0) is 86.5 Å². The summed E-state index contributed by atoms with van der Waals surface area (Å²) in [6.45, 7) is 6.32. The zero-order chi connectivity index (χ0) is 24.9. The molecule has 6 nitrogen and oxygen atoms in total. The maximum Gasteiger partial charge on any atom is 0.338 e. The highest BCUT2D eigenvalue weighted by Crippen LogP contribution is 2.29. The highest BCUT2D eigenvalue weighted by Gasteiger charge is 2.17. The van der Waals surface area contributed by atoms with Gasteiger partial charge in [-0.15, -0.1) is 0 Å². The SMILES string of the molecule is CCCOC(=O)c1ccc(NC(=O)c2cc(-c3ccc(OC)cc3)nc3c(C)cc(C)cc23)cc1. The summed E-state index contributed by atoms with van der Waals surface area (Å²) in [6, 6.07) is 20.1. The minimum Gasteiger partial charge on any atom is -0.497 e. The molecule has 0 aliphatic heterocycles. The minimum atomic E-state index is -0.375. The van der Waals surface area contributed by atoms with E-state index in [-0.39, 0.29) is 11.9 Å². The lowest BCUT2D eigenvalue weighted by molar-refractivity contribution is 0.0505. The Labute approximate surface area is 204 Å². The number of carbonyl (C=O) groups is 2. The average Bonchev–Trinajstić information content (AvgIpc) is 2.87. The molecule has 0 saturated heterocycles. The van der Waals surface area contributed by atoms with Crippen molar-refractivity contribution in [2.75, 3.05) is 19.0 Å². The van der Waals surface area contributed by atoms with Crippen LogP contribution in [0.2, 0.25) is 0 Å². The summed E-state index contributed by atoms with van der Waals surface area (Å²) in [5, 5.41) is 3.75. The van der Waals surface area contributed by atoms with Crippen molar-refractivity contribution in [2.45, 2.75) is 27.2 Å². The number of carbonyl (C=O) groups excluding carboxylic acids is 2. The van der Waals surface area contributed by atoms with Crippen LogP contribution in [-0.2, 0) is 4.74 Å². The highest BCUT2D eigenvalue weighted by molar-refractivity contribution is 6.13. The quantitative estimate of drug-likeness (QED) is 0.320. The van der Waals surface area contributed by atoms with E-state index in [1.807, 2.05) is 57.2 Å². The zero-order valence-corrected chi connectivity index (χ0v) is 20.3. The number of anilines is 1. The first kappa shape index (κ1) is 24.0. The van der Waals surface area contributed by atoms with Gasteiger partial charge in [0.1, 0.15) is 5.75 Å². The normalized spacial score (nSPS) is 10.7. The third-order valence-corrected chi connectivity index (χ3v) is 5.69. The van der Waals surface area contributed by atoms with E-state index in [0.717, 1.165) is 39.8 Å². The Morgan fingerprint density at radius 3 is 2.31 bits per heavy atom. The summed E-state index contributed by atoms with van der Waals surface area (Å²) in [4.78, 5) is 30.4. The Morgan fingerprint density at radius 1 is 0.943 bits per heavy atom. The number of esters is 1. The topological polar surface area (TPSA) is 77.5 Å². The molecule has 1 N–H and O–H groups in total. The zero-order valence-electron chi connectivity index (χ0n) is 20.3. The van der Waals surface area contributed by atoms with Gasteiger partial charge in [-0.25, -0.2) is 9.78 Å². The Hall–Kier alpha value is -4.19. The van der Waals surface area contributed by atoms with Crippen molar-refractivity contribution in [3.05, 3.63) is 89.0 Å². The van der Waals surface area contributed by atoms with Crippen molar-refractivity contribution in [1.29, 1.82) is 0 Å². The minimum absolute atomic E-state index is 0.251. The number of ether oxygens (including phenoxy) is 2. The van der Waals surface area contributed by atoms with Crippen LogP contribution in [0.5, 0.6) is 5.75 Å². The molecule has 0 bridgehead atoms. The molecule has 0 aliphatic rings. The van der Waals surface area contributed by atoms with Crippen molar-refractivity contribution in [2.24, 2.45) is 0 Å². The van der Waals surface area contributed by atoms with E-state index in [4.69, 9.17) is 14.5 Å². The lowest BCUT2D eigenvalue weighted by atomic mass is 9.99. The average molecular weight is 469 g/mol. The Morgan fingerprint density at radius 2 is 1.66 bits per heavy atom. The molecule has 0 atom stereocenters. The lowest BCUT2D eigenvalue weighted by Crippen LogP contribution is -2.14. The number of rotatable bonds is 7. The van der Waals surface area contributed by atoms with Crippen LogP contribution in [-0.4, -0.2) is 30.6 Å². The Kier molecular flexibility index (Phi) is 7.11. The Bertz CT molecular complexity index is 1380. The van der Waals surface area contributed by atoms with Crippen molar-refractivity contribution in [3.63, 3.8) is 0 Å². The number of aromatic nitrogens is 1. The third-order valence-electron chi connectivity index (χ3n) is 5.69. The fourth-order valence-corrected chi connectivity index (χ4v) is 3.94. The number of hydrogen-bond acceptors (Lipinski definition) is 5. The molecule has 0 spiro atoms. The first-order valence-corrected chi connectivity index (χ1v) is 11.5. The first-order chi connectivity index (χ1) is 16.9. The number of benzene rings is 3. The van der Waals surface area contributed by atoms with Gasteiger partial charge in [-0.3, -0.25) is 4.79 Å². The van der Waals surface area contributed by atoms with Gasteiger partial charge in [-0.2, -0.15) is 0 Å². The molecule has 0 radical (unpaired) electrons. The number of nitrogens with zero attached hydrogens (tertiary/aromatic N) is 1. The number of hydrogen-bond donors (Lipinski definition) is 1. The third kappa shape index (κ3) is 5.32. The van der Waals surface area contributed by atoms with Gasteiger partial charge in [-0.1, -0.05) is 18.6 Å². The standard InChI is InChI=1S/C29H28N2O4/c1-5-14-35-29(33)21-6-10-22(11-7-21)30-28(32)25-17-26(20-8-12-23(34-4)13-9-20)31-27-19(3)15-18(2)16-24(25)27/h6-13,15-17H,5,14H2,1-4H3,(H,30,32). The molecule has 4 aromatic rings. The van der Waals surface area contributed by atoms with E-state index in [9.17, 15) is 9.59 Å². The van der Waals surface area contributed by atoms with Crippen molar-refractivity contribution in [3.8, 4) is 17.0 Å². The van der Waals surface area contributed by atoms with Gasteiger partial charge in [0.2, 0.25) is 0 Å². The number of fused-ring (bicyclic) bond motifs is 1. The molecular formula is C29H28N2O4. The number of amides is 1.